The van der Waals surface area contributed by atoms with Crippen LogP contribution in [0.1, 0.15) is 33.6 Å². The molecule has 0 bridgehead atoms. The van der Waals surface area contributed by atoms with Gasteiger partial charge in [-0.25, -0.2) is 0 Å². The van der Waals surface area contributed by atoms with E-state index in [0.717, 1.165) is 24.1 Å². The van der Waals surface area contributed by atoms with Crippen LogP contribution in [-0.2, 0) is 14.9 Å². The lowest BCUT2D eigenvalue weighted by molar-refractivity contribution is -0.946. The van der Waals surface area contributed by atoms with E-state index < -0.39 is 16.0 Å². The number of nitrogens with two attached hydrogens (primary N) is 1. The second kappa shape index (κ2) is 8.39. The fourth-order valence-electron chi connectivity index (χ4n) is 2.51. The van der Waals surface area contributed by atoms with Gasteiger partial charge in [0.05, 0.1) is 31.4 Å². The summed E-state index contributed by atoms with van der Waals surface area (Å²) in [5.74, 6) is -0.679. The van der Waals surface area contributed by atoms with Gasteiger partial charge >= 0.3 is 0 Å². The Balaban J connectivity index is 4.68. The Kier molecular flexibility index (Phi) is 8.00. The van der Waals surface area contributed by atoms with Crippen LogP contribution in [0.5, 0.6) is 0 Å². The van der Waals surface area contributed by atoms with Crippen LogP contribution in [0.2, 0.25) is 0 Å². The van der Waals surface area contributed by atoms with E-state index in [9.17, 15) is 13.2 Å². The lowest BCUT2D eigenvalue weighted by Gasteiger charge is -2.42. The minimum atomic E-state index is -3.92. The van der Waals surface area contributed by atoms with Crippen molar-refractivity contribution >= 4 is 16.0 Å². The largest absolute Gasteiger partial charge is 0.366 e. The topological polar surface area (TPSA) is 97.5 Å². The van der Waals surface area contributed by atoms with Crippen LogP contribution in [0.25, 0.3) is 0 Å². The molecule has 0 saturated carbocycles. The van der Waals surface area contributed by atoms with Crippen molar-refractivity contribution in [2.45, 2.75) is 39.7 Å². The Hall–Kier alpha value is -0.920. The summed E-state index contributed by atoms with van der Waals surface area (Å²) >= 11 is 0. The molecule has 1 unspecified atom stereocenters. The molecule has 0 saturated heterocycles. The molecule has 6 nitrogen and oxygen atoms in total. The quantitative estimate of drug-likeness (QED) is 0.356. The molecule has 1 atom stereocenters. The molecule has 0 heterocycles. The second-order valence-electron chi connectivity index (χ2n) is 5.09. The Morgan fingerprint density at radius 1 is 1.35 bits per heavy atom. The Bertz CT molecular complexity index is 428. The first-order valence-corrected chi connectivity index (χ1v) is 8.54. The average Bonchev–Trinajstić information content (AvgIpc) is 2.36. The van der Waals surface area contributed by atoms with E-state index in [2.05, 4.69) is 13.8 Å². The summed E-state index contributed by atoms with van der Waals surface area (Å²) in [6.45, 7) is 8.66. The number of hydrogen-bond donors (Lipinski definition) is 2. The summed E-state index contributed by atoms with van der Waals surface area (Å²) in [4.78, 5) is 10.6. The van der Waals surface area contributed by atoms with Gasteiger partial charge in [-0.05, 0) is 26.8 Å². The van der Waals surface area contributed by atoms with Crippen LogP contribution in [0.15, 0.2) is 12.2 Å². The molecule has 0 aliphatic carbocycles. The summed E-state index contributed by atoms with van der Waals surface area (Å²) in [6, 6.07) is 0.119. The lowest BCUT2D eigenvalue weighted by atomic mass is 10.1. The first-order chi connectivity index (χ1) is 9.17. The molecule has 1 amide bonds. The summed E-state index contributed by atoms with van der Waals surface area (Å²) in [5, 5.41) is 0. The highest BCUT2D eigenvalue weighted by atomic mass is 32.2. The second-order valence-corrected chi connectivity index (χ2v) is 6.66. The van der Waals surface area contributed by atoms with Crippen molar-refractivity contribution < 1.29 is 22.2 Å². The molecule has 0 aromatic rings. The number of carbonyl (C=O) groups excluding carboxylic acids is 1. The van der Waals surface area contributed by atoms with Gasteiger partial charge in [0, 0.05) is 12.8 Å². The van der Waals surface area contributed by atoms with E-state index in [1.165, 1.54) is 6.08 Å². The van der Waals surface area contributed by atoms with Crippen LogP contribution < -0.4 is 5.73 Å². The monoisotopic (exact) mass is 307 g/mol. The van der Waals surface area contributed by atoms with Gasteiger partial charge in [-0.2, -0.15) is 8.42 Å². The molecular weight excluding hydrogens is 280 g/mol. The summed E-state index contributed by atoms with van der Waals surface area (Å²) in [6.07, 6.45) is 4.22. The fraction of sp³-hybridized carbons (Fsp3) is 0.769. The van der Waals surface area contributed by atoms with Gasteiger partial charge in [-0.3, -0.25) is 9.35 Å². The van der Waals surface area contributed by atoms with E-state index in [4.69, 9.17) is 10.3 Å². The number of quaternary nitrogens is 1. The minimum absolute atomic E-state index is 0.119. The maximum Gasteiger partial charge on any atom is 0.265 e. The van der Waals surface area contributed by atoms with Crippen molar-refractivity contribution in [1.82, 2.24) is 0 Å². The van der Waals surface area contributed by atoms with Gasteiger partial charge in [0.1, 0.15) is 0 Å². The highest BCUT2D eigenvalue weighted by Crippen LogP contribution is 2.18. The van der Waals surface area contributed by atoms with E-state index in [0.29, 0.717) is 12.8 Å². The zero-order valence-corrected chi connectivity index (χ0v) is 13.4. The molecule has 0 radical (unpaired) electrons. The standard InChI is InChI=1S/C13H26N2O4S/c1-4-15(5-2,10-7-6-8-13(14)16)12(3)9-11-20(17,18)19/h6,8,12H,4-5,7,9-11H2,1-3H3,(H2-,14,16,17,18,19)/p+1. The molecule has 0 aromatic carbocycles. The number of nitrogens with zero attached hydrogens (tertiary/aromatic N) is 1. The first-order valence-electron chi connectivity index (χ1n) is 6.93. The van der Waals surface area contributed by atoms with Crippen LogP contribution in [0.3, 0.4) is 0 Å². The zero-order chi connectivity index (χ0) is 15.8. The lowest BCUT2D eigenvalue weighted by Crippen LogP contribution is -2.55. The molecule has 0 aliphatic rings. The van der Waals surface area contributed by atoms with Gasteiger partial charge < -0.3 is 10.2 Å². The van der Waals surface area contributed by atoms with E-state index in [-0.39, 0.29) is 11.8 Å². The highest BCUT2D eigenvalue weighted by Gasteiger charge is 2.30. The zero-order valence-electron chi connectivity index (χ0n) is 12.6. The van der Waals surface area contributed by atoms with Crippen LogP contribution >= 0.6 is 0 Å². The van der Waals surface area contributed by atoms with Gasteiger partial charge in [0.2, 0.25) is 5.91 Å². The number of primary amides is 1. The Morgan fingerprint density at radius 3 is 2.30 bits per heavy atom. The third kappa shape index (κ3) is 7.02. The fourth-order valence-corrected chi connectivity index (χ4v) is 3.15. The van der Waals surface area contributed by atoms with Crippen molar-refractivity contribution in [1.29, 1.82) is 0 Å². The maximum atomic E-state index is 10.9. The number of carbonyl (C=O) groups is 1. The third-order valence-corrected chi connectivity index (χ3v) is 4.76. The van der Waals surface area contributed by atoms with E-state index in [1.54, 1.807) is 6.08 Å². The van der Waals surface area contributed by atoms with E-state index >= 15 is 0 Å². The minimum Gasteiger partial charge on any atom is -0.366 e. The molecule has 0 aliphatic heterocycles. The molecule has 7 heteroatoms. The first kappa shape index (κ1) is 19.1. The van der Waals surface area contributed by atoms with Crippen molar-refractivity contribution in [2.75, 3.05) is 25.4 Å². The maximum absolute atomic E-state index is 10.9. The van der Waals surface area contributed by atoms with E-state index in [1.807, 2.05) is 6.92 Å². The average molecular weight is 307 g/mol. The Morgan fingerprint density at radius 2 is 1.90 bits per heavy atom. The van der Waals surface area contributed by atoms with Gasteiger partial charge in [0.25, 0.3) is 10.1 Å². The predicted molar refractivity (Wildman–Crippen MR) is 79.7 cm³/mol. The van der Waals surface area contributed by atoms with Crippen molar-refractivity contribution in [3.05, 3.63) is 12.2 Å². The molecule has 0 fully saturated rings. The van der Waals surface area contributed by atoms with Crippen molar-refractivity contribution in [3.8, 4) is 0 Å². The number of amides is 1. The van der Waals surface area contributed by atoms with Gasteiger partial charge in [-0.15, -0.1) is 0 Å². The molecule has 20 heavy (non-hydrogen) atoms. The third-order valence-electron chi connectivity index (χ3n) is 4.01. The van der Waals surface area contributed by atoms with Crippen molar-refractivity contribution in [3.63, 3.8) is 0 Å². The predicted octanol–water partition coefficient (Wildman–Crippen LogP) is 0.941. The summed E-state index contributed by atoms with van der Waals surface area (Å²) in [5.41, 5.74) is 5.04. The van der Waals surface area contributed by atoms with Gasteiger partial charge in [-0.1, -0.05) is 6.08 Å². The molecule has 118 valence electrons. The molecule has 0 rings (SSSR count). The SMILES string of the molecule is CC[N+](CC)(CCC=CC(N)=O)C(C)CCS(=O)(=O)O. The number of hydrogen-bond acceptors (Lipinski definition) is 3. The normalized spacial score (nSPS) is 14.6. The van der Waals surface area contributed by atoms with Crippen LogP contribution in [0, 0.1) is 0 Å². The van der Waals surface area contributed by atoms with Crippen LogP contribution in [0.4, 0.5) is 0 Å². The smallest absolute Gasteiger partial charge is 0.265 e. The molecular formula is C13H27N2O4S+. The van der Waals surface area contributed by atoms with Crippen LogP contribution in [-0.4, -0.2) is 54.8 Å². The number of rotatable bonds is 10. The molecule has 0 spiro atoms. The Labute approximate surface area is 122 Å². The molecule has 0 aromatic heterocycles. The summed E-state index contributed by atoms with van der Waals surface area (Å²) in [7, 11) is -3.92. The summed E-state index contributed by atoms with van der Waals surface area (Å²) < 4.78 is 31.3. The van der Waals surface area contributed by atoms with Gasteiger partial charge in [0.15, 0.2) is 0 Å². The van der Waals surface area contributed by atoms with Crippen molar-refractivity contribution in [2.24, 2.45) is 5.73 Å². The highest BCUT2D eigenvalue weighted by molar-refractivity contribution is 7.85. The molecule has 3 N–H and O–H groups in total.